The quantitative estimate of drug-likeness (QED) is 0.860. The first-order chi connectivity index (χ1) is 14.1. The van der Waals surface area contributed by atoms with Crippen molar-refractivity contribution in [3.63, 3.8) is 0 Å². The third kappa shape index (κ3) is 3.86. The van der Waals surface area contributed by atoms with E-state index in [1.165, 1.54) is 12.7 Å². The Morgan fingerprint density at radius 2 is 1.90 bits per heavy atom. The number of amides is 3. The van der Waals surface area contributed by atoms with Crippen molar-refractivity contribution in [3.8, 4) is 0 Å². The molecule has 7 heteroatoms. The minimum absolute atomic E-state index is 0.0208. The summed E-state index contributed by atoms with van der Waals surface area (Å²) in [6.07, 6.45) is 0.850. The largest absolute Gasteiger partial charge is 0.375 e. The van der Waals surface area contributed by atoms with Crippen molar-refractivity contribution in [2.45, 2.75) is 12.5 Å². The summed E-state index contributed by atoms with van der Waals surface area (Å²) in [5.41, 5.74) is 3.44. The maximum absolute atomic E-state index is 13.0. The van der Waals surface area contributed by atoms with Crippen LogP contribution in [0, 0.1) is 0 Å². The zero-order valence-electron chi connectivity index (χ0n) is 16.3. The van der Waals surface area contributed by atoms with E-state index in [4.69, 9.17) is 4.74 Å². The molecule has 0 aromatic heterocycles. The minimum atomic E-state index is -0.260. The highest BCUT2D eigenvalue weighted by Crippen LogP contribution is 2.33. The zero-order valence-corrected chi connectivity index (χ0v) is 16.3. The van der Waals surface area contributed by atoms with Gasteiger partial charge < -0.3 is 19.9 Å². The van der Waals surface area contributed by atoms with E-state index in [1.807, 2.05) is 23.1 Å². The maximum atomic E-state index is 13.0. The van der Waals surface area contributed by atoms with Crippen LogP contribution in [0.5, 0.6) is 0 Å². The Labute approximate surface area is 169 Å². The smallest absolute Gasteiger partial charge is 0.254 e. The first-order valence-corrected chi connectivity index (χ1v) is 9.62. The van der Waals surface area contributed by atoms with Crippen LogP contribution in [-0.4, -0.2) is 60.9 Å². The summed E-state index contributed by atoms with van der Waals surface area (Å²) in [4.78, 5) is 40.8. The summed E-state index contributed by atoms with van der Waals surface area (Å²) in [6, 6.07) is 14.7. The third-order valence-electron chi connectivity index (χ3n) is 5.43. The second-order valence-electron chi connectivity index (χ2n) is 7.30. The monoisotopic (exact) mass is 393 g/mol. The first-order valence-electron chi connectivity index (χ1n) is 9.62. The minimum Gasteiger partial charge on any atom is -0.375 e. The number of benzene rings is 2. The molecule has 1 N–H and O–H groups in total. The Balaban J connectivity index is 1.50. The number of nitrogens with one attached hydrogen (secondary N) is 1. The number of piperazine rings is 1. The van der Waals surface area contributed by atoms with Gasteiger partial charge in [0.15, 0.2) is 0 Å². The van der Waals surface area contributed by atoms with E-state index in [9.17, 15) is 14.4 Å². The Morgan fingerprint density at radius 3 is 2.66 bits per heavy atom. The fourth-order valence-electron chi connectivity index (χ4n) is 4.04. The molecule has 2 aromatic carbocycles. The second kappa shape index (κ2) is 8.05. The molecule has 1 saturated heterocycles. The summed E-state index contributed by atoms with van der Waals surface area (Å²) in [5, 5.41) is 2.69. The van der Waals surface area contributed by atoms with Crippen LogP contribution in [0.3, 0.4) is 0 Å². The molecule has 150 valence electrons. The van der Waals surface area contributed by atoms with Gasteiger partial charge in [-0.05, 0) is 41.8 Å². The maximum Gasteiger partial charge on any atom is 0.254 e. The highest BCUT2D eigenvalue weighted by Gasteiger charge is 2.38. The summed E-state index contributed by atoms with van der Waals surface area (Å²) < 4.78 is 4.79. The molecule has 3 amide bonds. The summed E-state index contributed by atoms with van der Waals surface area (Å²) in [6.45, 7) is 1.23. The van der Waals surface area contributed by atoms with Crippen molar-refractivity contribution in [3.05, 3.63) is 65.2 Å². The molecule has 0 spiro atoms. The van der Waals surface area contributed by atoms with Crippen LogP contribution < -0.4 is 5.32 Å². The zero-order chi connectivity index (χ0) is 20.4. The van der Waals surface area contributed by atoms with Gasteiger partial charge in [-0.2, -0.15) is 0 Å². The van der Waals surface area contributed by atoms with Crippen LogP contribution in [0.15, 0.2) is 48.5 Å². The Hall–Kier alpha value is -3.19. The van der Waals surface area contributed by atoms with E-state index in [0.29, 0.717) is 24.3 Å². The fraction of sp³-hybridized carbons (Fsp3) is 0.318. The lowest BCUT2D eigenvalue weighted by molar-refractivity contribution is -0.139. The summed E-state index contributed by atoms with van der Waals surface area (Å²) in [7, 11) is 1.45. The Bertz CT molecular complexity index is 941. The van der Waals surface area contributed by atoms with Crippen molar-refractivity contribution in [2.24, 2.45) is 0 Å². The van der Waals surface area contributed by atoms with Gasteiger partial charge in [-0.25, -0.2) is 0 Å². The van der Waals surface area contributed by atoms with Gasteiger partial charge in [0.2, 0.25) is 11.8 Å². The molecule has 0 saturated carbocycles. The van der Waals surface area contributed by atoms with Gasteiger partial charge in [-0.1, -0.05) is 24.3 Å². The van der Waals surface area contributed by atoms with Crippen LogP contribution in [0.4, 0.5) is 5.69 Å². The highest BCUT2D eigenvalue weighted by molar-refractivity contribution is 5.98. The lowest BCUT2D eigenvalue weighted by Crippen LogP contribution is -2.55. The van der Waals surface area contributed by atoms with E-state index in [2.05, 4.69) is 11.4 Å². The SMILES string of the molecule is COCC(=O)Nc1ccc(C(=O)N2CC(=O)N3CCc4ccccc4C3C2)cc1. The molecule has 2 aliphatic rings. The van der Waals surface area contributed by atoms with E-state index < -0.39 is 0 Å². The molecular formula is C22H23N3O4. The number of carbonyl (C=O) groups excluding carboxylic acids is 3. The van der Waals surface area contributed by atoms with Crippen LogP contribution in [0.25, 0.3) is 0 Å². The number of hydrogen-bond donors (Lipinski definition) is 1. The highest BCUT2D eigenvalue weighted by atomic mass is 16.5. The molecule has 2 aromatic rings. The van der Waals surface area contributed by atoms with Gasteiger partial charge in [0.05, 0.1) is 6.04 Å². The van der Waals surface area contributed by atoms with Crippen LogP contribution >= 0.6 is 0 Å². The van der Waals surface area contributed by atoms with Crippen molar-refractivity contribution >= 4 is 23.4 Å². The van der Waals surface area contributed by atoms with Gasteiger partial charge in [0.25, 0.3) is 5.91 Å². The van der Waals surface area contributed by atoms with Gasteiger partial charge in [0, 0.05) is 31.5 Å². The molecule has 2 heterocycles. The molecule has 1 atom stereocenters. The molecule has 0 bridgehead atoms. The van der Waals surface area contributed by atoms with Crippen molar-refractivity contribution in [1.29, 1.82) is 0 Å². The Morgan fingerprint density at radius 1 is 1.14 bits per heavy atom. The molecule has 0 radical (unpaired) electrons. The summed E-state index contributed by atoms with van der Waals surface area (Å²) >= 11 is 0. The molecule has 1 unspecified atom stereocenters. The second-order valence-corrected chi connectivity index (χ2v) is 7.30. The molecule has 4 rings (SSSR count). The third-order valence-corrected chi connectivity index (χ3v) is 5.43. The number of hydrogen-bond acceptors (Lipinski definition) is 4. The number of ether oxygens (including phenoxy) is 1. The topological polar surface area (TPSA) is 79.0 Å². The molecular weight excluding hydrogens is 370 g/mol. The number of fused-ring (bicyclic) bond motifs is 3. The van der Waals surface area contributed by atoms with Gasteiger partial charge in [0.1, 0.15) is 13.2 Å². The average molecular weight is 393 g/mol. The van der Waals surface area contributed by atoms with E-state index in [1.54, 1.807) is 29.2 Å². The van der Waals surface area contributed by atoms with Crippen molar-refractivity contribution in [1.82, 2.24) is 9.80 Å². The standard InChI is InChI=1S/C22H23N3O4/c1-29-14-20(26)23-17-8-6-16(7-9-17)22(28)24-12-19-18-5-3-2-4-15(18)10-11-25(19)21(27)13-24/h2-9,19H,10-14H2,1H3,(H,23,26). The summed E-state index contributed by atoms with van der Waals surface area (Å²) in [5.74, 6) is -0.465. The van der Waals surface area contributed by atoms with Crippen molar-refractivity contribution in [2.75, 3.05) is 38.7 Å². The van der Waals surface area contributed by atoms with Crippen LogP contribution in [0.1, 0.15) is 27.5 Å². The van der Waals surface area contributed by atoms with E-state index in [0.717, 1.165) is 12.0 Å². The van der Waals surface area contributed by atoms with Crippen LogP contribution in [-0.2, 0) is 20.7 Å². The molecule has 7 nitrogen and oxygen atoms in total. The average Bonchev–Trinajstić information content (AvgIpc) is 2.73. The number of methoxy groups -OCH3 is 1. The van der Waals surface area contributed by atoms with Gasteiger partial charge in [-0.15, -0.1) is 0 Å². The van der Waals surface area contributed by atoms with E-state index in [-0.39, 0.29) is 36.9 Å². The number of carbonyl (C=O) groups is 3. The normalized spacial score (nSPS) is 18.1. The van der Waals surface area contributed by atoms with E-state index >= 15 is 0 Å². The first kappa shape index (κ1) is 19.1. The lowest BCUT2D eigenvalue weighted by atomic mass is 9.90. The number of nitrogens with zero attached hydrogens (tertiary/aromatic N) is 2. The van der Waals surface area contributed by atoms with Gasteiger partial charge in [-0.3, -0.25) is 14.4 Å². The van der Waals surface area contributed by atoms with Gasteiger partial charge >= 0.3 is 0 Å². The predicted octanol–water partition coefficient (Wildman–Crippen LogP) is 1.85. The molecule has 2 aliphatic heterocycles. The number of rotatable bonds is 4. The van der Waals surface area contributed by atoms with Crippen LogP contribution in [0.2, 0.25) is 0 Å². The Kier molecular flexibility index (Phi) is 5.31. The predicted molar refractivity (Wildman–Crippen MR) is 107 cm³/mol. The number of anilines is 1. The molecule has 0 aliphatic carbocycles. The molecule has 1 fully saturated rings. The molecule has 29 heavy (non-hydrogen) atoms. The fourth-order valence-corrected chi connectivity index (χ4v) is 4.04. The van der Waals surface area contributed by atoms with Crippen molar-refractivity contribution < 1.29 is 19.1 Å². The lowest BCUT2D eigenvalue weighted by Gasteiger charge is -2.44.